The van der Waals surface area contributed by atoms with E-state index in [2.05, 4.69) is 0 Å². The zero-order valence-electron chi connectivity index (χ0n) is 18.7. The molecule has 0 amide bonds. The average Bonchev–Trinajstić information content (AvgIpc) is 3.55. The van der Waals surface area contributed by atoms with Gasteiger partial charge in [0.1, 0.15) is 12.6 Å². The summed E-state index contributed by atoms with van der Waals surface area (Å²) in [5.41, 5.74) is 6.63. The van der Waals surface area contributed by atoms with Crippen LogP contribution in [0.3, 0.4) is 0 Å². The molecule has 4 rings (SSSR count). The van der Waals surface area contributed by atoms with Crippen LogP contribution in [-0.2, 0) is 20.9 Å². The number of rotatable bonds is 8. The molecule has 0 saturated carbocycles. The van der Waals surface area contributed by atoms with Gasteiger partial charge >= 0.3 is 11.9 Å². The van der Waals surface area contributed by atoms with Gasteiger partial charge in [-0.2, -0.15) is 0 Å². The summed E-state index contributed by atoms with van der Waals surface area (Å²) < 4.78 is 43.7. The van der Waals surface area contributed by atoms with Crippen molar-refractivity contribution in [1.82, 2.24) is 0 Å². The zero-order chi connectivity index (χ0) is 24.4. The largest absolute Gasteiger partial charge is 0.493 e. The highest BCUT2D eigenvalue weighted by Gasteiger charge is 2.36. The molecule has 2 aliphatic heterocycles. The van der Waals surface area contributed by atoms with Gasteiger partial charge in [0.15, 0.2) is 23.0 Å². The van der Waals surface area contributed by atoms with E-state index in [1.165, 1.54) is 27.4 Å². The lowest BCUT2D eigenvalue weighted by molar-refractivity contribution is -0.147. The summed E-state index contributed by atoms with van der Waals surface area (Å²) in [6.45, 7) is -1.10. The number of ether oxygens (including phenoxy) is 8. The van der Waals surface area contributed by atoms with Crippen LogP contribution in [-0.4, -0.2) is 64.6 Å². The summed E-state index contributed by atoms with van der Waals surface area (Å²) in [6.07, 6.45) is 0. The molecule has 0 aromatic heterocycles. The number of hydrogen-bond acceptors (Lipinski definition) is 12. The van der Waals surface area contributed by atoms with E-state index in [9.17, 15) is 9.59 Å². The highest BCUT2D eigenvalue weighted by molar-refractivity contribution is 6.03. The number of carbonyl (C=O) groups excluding carboxylic acids is 2. The molecule has 12 nitrogen and oxygen atoms in total. The minimum absolute atomic E-state index is 0.0890. The first kappa shape index (κ1) is 23.3. The summed E-state index contributed by atoms with van der Waals surface area (Å²) in [4.78, 5) is 24.9. The van der Waals surface area contributed by atoms with Crippen LogP contribution in [0.1, 0.15) is 15.9 Å². The van der Waals surface area contributed by atoms with Crippen LogP contribution in [0, 0.1) is 0 Å². The minimum atomic E-state index is -1.22. The van der Waals surface area contributed by atoms with Crippen molar-refractivity contribution in [2.24, 2.45) is 5.73 Å². The molecule has 0 saturated heterocycles. The SMILES string of the molecule is COC(=O)c1cc(OC)c2c(c1-c1c(COC(=O)C(N)CO)cc(OC)c3c1OCO3)OCO2. The molecule has 0 fully saturated rings. The first-order chi connectivity index (χ1) is 16.4. The van der Waals surface area contributed by atoms with Crippen molar-refractivity contribution >= 4 is 11.9 Å². The third kappa shape index (κ3) is 3.86. The van der Waals surface area contributed by atoms with Crippen LogP contribution in [0.2, 0.25) is 0 Å². The van der Waals surface area contributed by atoms with Gasteiger partial charge in [0.25, 0.3) is 0 Å². The Kier molecular flexibility index (Phi) is 6.52. The van der Waals surface area contributed by atoms with Gasteiger partial charge in [0.05, 0.1) is 33.5 Å². The monoisotopic (exact) mass is 477 g/mol. The third-order valence-corrected chi connectivity index (χ3v) is 5.26. The van der Waals surface area contributed by atoms with E-state index >= 15 is 0 Å². The molecule has 0 bridgehead atoms. The first-order valence-corrected chi connectivity index (χ1v) is 10.1. The number of benzene rings is 2. The van der Waals surface area contributed by atoms with Gasteiger partial charge in [0, 0.05) is 16.7 Å². The van der Waals surface area contributed by atoms with Crippen molar-refractivity contribution in [2.75, 3.05) is 41.5 Å². The van der Waals surface area contributed by atoms with E-state index in [1.807, 2.05) is 0 Å². The Hall–Kier alpha value is -3.90. The lowest BCUT2D eigenvalue weighted by Crippen LogP contribution is -2.35. The van der Waals surface area contributed by atoms with Crippen molar-refractivity contribution in [3.8, 4) is 45.6 Å². The van der Waals surface area contributed by atoms with Crippen LogP contribution >= 0.6 is 0 Å². The van der Waals surface area contributed by atoms with Crippen molar-refractivity contribution in [2.45, 2.75) is 12.6 Å². The molecule has 2 heterocycles. The molecule has 0 radical (unpaired) electrons. The molecule has 12 heteroatoms. The second-order valence-corrected chi connectivity index (χ2v) is 7.13. The predicted molar refractivity (Wildman–Crippen MR) is 113 cm³/mol. The fourth-order valence-corrected chi connectivity index (χ4v) is 3.67. The van der Waals surface area contributed by atoms with Crippen LogP contribution in [0.4, 0.5) is 0 Å². The zero-order valence-corrected chi connectivity index (χ0v) is 18.7. The maximum Gasteiger partial charge on any atom is 0.338 e. The molecule has 2 aromatic carbocycles. The number of nitrogens with two attached hydrogens (primary N) is 1. The second kappa shape index (κ2) is 9.53. The van der Waals surface area contributed by atoms with Crippen LogP contribution in [0.25, 0.3) is 11.1 Å². The lowest BCUT2D eigenvalue weighted by atomic mass is 9.92. The minimum Gasteiger partial charge on any atom is -0.493 e. The molecule has 1 unspecified atom stereocenters. The highest BCUT2D eigenvalue weighted by atomic mass is 16.7. The van der Waals surface area contributed by atoms with Crippen molar-refractivity contribution in [1.29, 1.82) is 0 Å². The van der Waals surface area contributed by atoms with E-state index in [-0.39, 0.29) is 54.3 Å². The standard InChI is InChI=1S/C22H23NO11/c1-27-13-4-10(7-30-22(26)12(23)6-24)15(19-17(13)31-8-33-19)16-11(21(25)29-3)5-14(28-2)18-20(16)34-9-32-18/h4-5,12,24H,6-9,23H2,1-3H3. The van der Waals surface area contributed by atoms with Gasteiger partial charge in [-0.15, -0.1) is 0 Å². The van der Waals surface area contributed by atoms with Gasteiger partial charge in [-0.1, -0.05) is 0 Å². The number of carbonyl (C=O) groups is 2. The van der Waals surface area contributed by atoms with Crippen molar-refractivity contribution in [3.63, 3.8) is 0 Å². The summed E-state index contributed by atoms with van der Waals surface area (Å²) >= 11 is 0. The Bertz CT molecular complexity index is 1130. The number of aliphatic hydroxyl groups is 1. The summed E-state index contributed by atoms with van der Waals surface area (Å²) in [5.74, 6) is 0.0969. The molecule has 1 atom stereocenters. The van der Waals surface area contributed by atoms with Crippen molar-refractivity contribution in [3.05, 3.63) is 23.3 Å². The molecule has 3 N–H and O–H groups in total. The maximum atomic E-state index is 12.8. The average molecular weight is 477 g/mol. The fraction of sp³-hybridized carbons (Fsp3) is 0.364. The summed E-state index contributed by atoms with van der Waals surface area (Å²) in [7, 11) is 4.10. The maximum absolute atomic E-state index is 12.8. The summed E-state index contributed by atoms with van der Waals surface area (Å²) in [5, 5.41) is 9.15. The smallest absolute Gasteiger partial charge is 0.338 e. The first-order valence-electron chi connectivity index (χ1n) is 10.1. The van der Waals surface area contributed by atoms with E-state index < -0.39 is 24.6 Å². The molecule has 2 aliphatic rings. The third-order valence-electron chi connectivity index (χ3n) is 5.26. The van der Waals surface area contributed by atoms with E-state index in [0.717, 1.165) is 0 Å². The van der Waals surface area contributed by atoms with Gasteiger partial charge < -0.3 is 48.7 Å². The Morgan fingerprint density at radius 2 is 1.50 bits per heavy atom. The van der Waals surface area contributed by atoms with Gasteiger partial charge in [-0.05, 0) is 12.1 Å². The molecular formula is C22H23NO11. The normalized spacial score (nSPS) is 13.9. The Balaban J connectivity index is 1.97. The van der Waals surface area contributed by atoms with E-state index in [1.54, 1.807) is 6.07 Å². The number of methoxy groups -OCH3 is 3. The molecule has 0 aliphatic carbocycles. The van der Waals surface area contributed by atoms with E-state index in [0.29, 0.717) is 22.6 Å². The Morgan fingerprint density at radius 3 is 2.06 bits per heavy atom. The summed E-state index contributed by atoms with van der Waals surface area (Å²) in [6, 6.07) is 1.82. The topological polar surface area (TPSA) is 154 Å². The molecule has 0 spiro atoms. The quantitative estimate of drug-likeness (QED) is 0.521. The molecule has 34 heavy (non-hydrogen) atoms. The lowest BCUT2D eigenvalue weighted by Gasteiger charge is -2.20. The Labute approximate surface area is 193 Å². The number of fused-ring (bicyclic) bond motifs is 2. The van der Waals surface area contributed by atoms with Gasteiger partial charge in [-0.25, -0.2) is 4.79 Å². The molecule has 2 aromatic rings. The van der Waals surface area contributed by atoms with Crippen LogP contribution in [0.5, 0.6) is 34.5 Å². The predicted octanol–water partition coefficient (Wildman–Crippen LogP) is 0.978. The second-order valence-electron chi connectivity index (χ2n) is 7.13. The molecular weight excluding hydrogens is 454 g/mol. The van der Waals surface area contributed by atoms with Crippen molar-refractivity contribution < 1.29 is 52.6 Å². The number of esters is 2. The number of hydrogen-bond donors (Lipinski definition) is 2. The number of aliphatic hydroxyl groups excluding tert-OH is 1. The highest BCUT2D eigenvalue weighted by Crippen LogP contribution is 2.56. The fourth-order valence-electron chi connectivity index (χ4n) is 3.67. The van der Waals surface area contributed by atoms with Gasteiger partial charge in [0.2, 0.25) is 25.1 Å². The van der Waals surface area contributed by atoms with Crippen LogP contribution in [0.15, 0.2) is 12.1 Å². The van der Waals surface area contributed by atoms with Crippen LogP contribution < -0.4 is 34.2 Å². The molecule has 182 valence electrons. The van der Waals surface area contributed by atoms with E-state index in [4.69, 9.17) is 48.7 Å². The Morgan fingerprint density at radius 1 is 0.941 bits per heavy atom. The van der Waals surface area contributed by atoms with Gasteiger partial charge in [-0.3, -0.25) is 4.79 Å².